The van der Waals surface area contributed by atoms with Crippen LogP contribution in [0.5, 0.6) is 0 Å². The highest BCUT2D eigenvalue weighted by Crippen LogP contribution is 2.30. The summed E-state index contributed by atoms with van der Waals surface area (Å²) in [4.78, 5) is 25.7. The van der Waals surface area contributed by atoms with Crippen LogP contribution in [0.3, 0.4) is 0 Å². The lowest BCUT2D eigenvalue weighted by atomic mass is 9.92. The molecule has 1 atom stereocenters. The number of ether oxygens (including phenoxy) is 2. The molecule has 0 saturated heterocycles. The first-order chi connectivity index (χ1) is 12.0. The van der Waals surface area contributed by atoms with Crippen molar-refractivity contribution >= 4 is 22.6 Å². The lowest BCUT2D eigenvalue weighted by Gasteiger charge is -2.19. The molecule has 0 N–H and O–H groups in total. The van der Waals surface area contributed by atoms with Crippen LogP contribution in [0.25, 0.3) is 0 Å². The van der Waals surface area contributed by atoms with Gasteiger partial charge in [0.2, 0.25) is 23.1 Å². The van der Waals surface area contributed by atoms with E-state index in [-0.39, 0.29) is 27.5 Å². The predicted molar refractivity (Wildman–Crippen MR) is 89.3 cm³/mol. The molecule has 1 unspecified atom stereocenters. The van der Waals surface area contributed by atoms with E-state index in [0.717, 1.165) is 5.69 Å². The summed E-state index contributed by atoms with van der Waals surface area (Å²) in [6.07, 6.45) is 1.66. The van der Waals surface area contributed by atoms with Gasteiger partial charge in [-0.2, -0.15) is 4.21 Å². The highest BCUT2D eigenvalue weighted by Gasteiger charge is 2.38. The zero-order valence-corrected chi connectivity index (χ0v) is 14.8. The van der Waals surface area contributed by atoms with Gasteiger partial charge in [-0.05, 0) is 6.07 Å². The second-order valence-electron chi connectivity index (χ2n) is 5.32. The van der Waals surface area contributed by atoms with Gasteiger partial charge in [0, 0.05) is 24.6 Å². The van der Waals surface area contributed by atoms with E-state index in [9.17, 15) is 13.8 Å². The fourth-order valence-electron chi connectivity index (χ4n) is 2.72. The minimum Gasteiger partial charge on any atom is -0.489 e. The van der Waals surface area contributed by atoms with Gasteiger partial charge in [0.15, 0.2) is 11.9 Å². The van der Waals surface area contributed by atoms with Crippen molar-refractivity contribution in [3.63, 3.8) is 0 Å². The summed E-state index contributed by atoms with van der Waals surface area (Å²) < 4.78 is 24.7. The first kappa shape index (κ1) is 17.0. The summed E-state index contributed by atoms with van der Waals surface area (Å²) in [7, 11) is 0.904. The van der Waals surface area contributed by atoms with Crippen LogP contribution in [0, 0.1) is 6.92 Å². The second-order valence-corrected chi connectivity index (χ2v) is 6.65. The molecular formula is C18H16NO5S+. The number of aromatic nitrogens is 1. The number of rotatable bonds is 4. The number of pyridine rings is 1. The molecule has 0 saturated carbocycles. The Balaban J connectivity index is 2.22. The third kappa shape index (κ3) is 2.66. The molecule has 6 nitrogen and oxygen atoms in total. The maximum atomic E-state index is 13.1. The maximum Gasteiger partial charge on any atom is 0.322 e. The van der Waals surface area contributed by atoms with E-state index in [2.05, 4.69) is 0 Å². The monoisotopic (exact) mass is 358 g/mol. The molecule has 2 aromatic rings. The zero-order valence-electron chi connectivity index (χ0n) is 13.9. The molecule has 1 aromatic carbocycles. The number of benzene rings is 1. The van der Waals surface area contributed by atoms with Crippen LogP contribution in [0.2, 0.25) is 0 Å². The van der Waals surface area contributed by atoms with Gasteiger partial charge in [-0.3, -0.25) is 9.59 Å². The van der Waals surface area contributed by atoms with E-state index in [4.69, 9.17) is 9.47 Å². The van der Waals surface area contributed by atoms with Crippen LogP contribution >= 0.6 is 0 Å². The summed E-state index contributed by atoms with van der Waals surface area (Å²) in [5.41, 5.74) is 0.995. The maximum absolute atomic E-state index is 13.1. The quantitative estimate of drug-likeness (QED) is 0.779. The number of nitrogens with zero attached hydrogens (tertiary/aromatic N) is 1. The number of carbonyl (C=O) groups excluding carboxylic acids is 2. The molecule has 1 aromatic heterocycles. The Kier molecular flexibility index (Phi) is 4.50. The fourth-order valence-corrected chi connectivity index (χ4v) is 4.01. The fraction of sp³-hybridized carbons (Fsp3) is 0.167. The van der Waals surface area contributed by atoms with E-state index in [1.165, 1.54) is 24.3 Å². The van der Waals surface area contributed by atoms with Gasteiger partial charge in [0.25, 0.3) is 0 Å². The van der Waals surface area contributed by atoms with Crippen LogP contribution < -0.4 is 3.97 Å². The van der Waals surface area contributed by atoms with E-state index in [0.29, 0.717) is 0 Å². The van der Waals surface area contributed by atoms with E-state index >= 15 is 0 Å². The molecule has 0 bridgehead atoms. The molecule has 0 spiro atoms. The van der Waals surface area contributed by atoms with Crippen molar-refractivity contribution < 1.29 is 27.2 Å². The molecule has 1 heterocycles. The number of carbonyl (C=O) groups is 2. The first-order valence-electron chi connectivity index (χ1n) is 7.45. The summed E-state index contributed by atoms with van der Waals surface area (Å²) >= 11 is 0. The number of methoxy groups -OCH3 is 2. The van der Waals surface area contributed by atoms with Crippen molar-refractivity contribution in [1.29, 1.82) is 0 Å². The Morgan fingerprint density at radius 2 is 1.60 bits per heavy atom. The lowest BCUT2D eigenvalue weighted by molar-refractivity contribution is -0.512. The first-order valence-corrected chi connectivity index (χ1v) is 8.56. The van der Waals surface area contributed by atoms with Gasteiger partial charge >= 0.3 is 11.0 Å². The van der Waals surface area contributed by atoms with Crippen molar-refractivity contribution in [3.05, 3.63) is 70.9 Å². The van der Waals surface area contributed by atoms with Crippen molar-refractivity contribution in [3.8, 4) is 0 Å². The molecule has 3 rings (SSSR count). The normalized spacial score (nSPS) is 15.0. The third-order valence-electron chi connectivity index (χ3n) is 3.91. The van der Waals surface area contributed by atoms with Crippen molar-refractivity contribution in [2.45, 2.75) is 11.8 Å². The predicted octanol–water partition coefficient (Wildman–Crippen LogP) is 1.74. The van der Waals surface area contributed by atoms with Crippen LogP contribution in [0.15, 0.2) is 59.0 Å². The number of fused-ring (bicyclic) bond motifs is 1. The molecule has 1 aliphatic rings. The summed E-state index contributed by atoms with van der Waals surface area (Å²) in [5.74, 6) is -1.32. The lowest BCUT2D eigenvalue weighted by Crippen LogP contribution is -2.41. The number of ketones is 2. The van der Waals surface area contributed by atoms with Crippen molar-refractivity contribution in [1.82, 2.24) is 0 Å². The molecule has 0 aliphatic heterocycles. The van der Waals surface area contributed by atoms with Gasteiger partial charge in [-0.1, -0.05) is 18.2 Å². The molecule has 128 valence electrons. The molecule has 25 heavy (non-hydrogen) atoms. The van der Waals surface area contributed by atoms with E-state index in [1.54, 1.807) is 24.4 Å². The number of Topliss-reactive ketones (excluding diaryl/α,β-unsaturated/α-hetero) is 2. The molecular weight excluding hydrogens is 342 g/mol. The Bertz CT molecular complexity index is 948. The van der Waals surface area contributed by atoms with Gasteiger partial charge in [-0.15, -0.1) is 3.97 Å². The average Bonchev–Trinajstić information content (AvgIpc) is 2.63. The number of hydrogen-bond acceptors (Lipinski definition) is 5. The summed E-state index contributed by atoms with van der Waals surface area (Å²) in [6.45, 7) is 1.81. The minimum atomic E-state index is -1.69. The van der Waals surface area contributed by atoms with Crippen molar-refractivity contribution in [2.75, 3.05) is 14.2 Å². The Morgan fingerprint density at radius 1 is 0.920 bits per heavy atom. The number of allylic oxidation sites excluding steroid dienone is 2. The van der Waals surface area contributed by atoms with Crippen LogP contribution in [-0.2, 0) is 20.5 Å². The highest BCUT2D eigenvalue weighted by molar-refractivity contribution is 7.78. The number of hydrogen-bond donors (Lipinski definition) is 0. The number of aryl methyl sites for hydroxylation is 1. The van der Waals surface area contributed by atoms with Gasteiger partial charge < -0.3 is 9.47 Å². The molecule has 0 amide bonds. The largest absolute Gasteiger partial charge is 0.489 e. The Morgan fingerprint density at radius 3 is 2.24 bits per heavy atom. The van der Waals surface area contributed by atoms with E-state index in [1.807, 2.05) is 19.1 Å². The minimum absolute atomic E-state index is 0.0826. The van der Waals surface area contributed by atoms with Gasteiger partial charge in [0.05, 0.1) is 19.8 Å². The molecule has 0 radical (unpaired) electrons. The standard InChI is InChI=1S/C18H16NO5S/c1-11-7-4-5-10-19(11)25(22)13-9-6-8-12-14(13)16(21)18(24-3)17(23-2)15(12)20/h4-10H,1-3H3/q+1. The molecule has 1 aliphatic carbocycles. The molecule has 0 fully saturated rings. The summed E-state index contributed by atoms with van der Waals surface area (Å²) in [6, 6.07) is 10.1. The zero-order chi connectivity index (χ0) is 18.1. The van der Waals surface area contributed by atoms with Gasteiger partial charge in [-0.25, -0.2) is 0 Å². The molecule has 7 heteroatoms. The van der Waals surface area contributed by atoms with Crippen LogP contribution in [0.1, 0.15) is 26.4 Å². The van der Waals surface area contributed by atoms with E-state index < -0.39 is 22.6 Å². The average molecular weight is 358 g/mol. The topological polar surface area (TPSA) is 73.6 Å². The van der Waals surface area contributed by atoms with Crippen molar-refractivity contribution in [2.24, 2.45) is 0 Å². The van der Waals surface area contributed by atoms with Gasteiger partial charge in [0.1, 0.15) is 4.90 Å². The Labute approximate surface area is 147 Å². The third-order valence-corrected chi connectivity index (χ3v) is 5.39. The summed E-state index contributed by atoms with van der Waals surface area (Å²) in [5, 5.41) is 0. The second kappa shape index (κ2) is 6.60. The van der Waals surface area contributed by atoms with Crippen LogP contribution in [0.4, 0.5) is 0 Å². The highest BCUT2D eigenvalue weighted by atomic mass is 32.2. The smallest absolute Gasteiger partial charge is 0.322 e. The SMILES string of the molecule is COC1=C(OC)C(=O)c2c(cccc2S(=O)[n+]2ccccc2C)C1=O. The Hall–Kier alpha value is -2.80. The van der Waals surface area contributed by atoms with Crippen LogP contribution in [-0.4, -0.2) is 30.0 Å².